The van der Waals surface area contributed by atoms with Crippen LogP contribution in [0.3, 0.4) is 0 Å². The van der Waals surface area contributed by atoms with E-state index in [0.29, 0.717) is 13.0 Å². The molecule has 1 aliphatic heterocycles. The van der Waals surface area contributed by atoms with E-state index in [0.717, 1.165) is 38.5 Å². The minimum atomic E-state index is -5.06. The number of rotatable bonds is 51. The maximum atomic E-state index is 12.9. The molecule has 6 atom stereocenters. The van der Waals surface area contributed by atoms with Crippen LogP contribution in [0.15, 0.2) is 12.2 Å². The van der Waals surface area contributed by atoms with Crippen molar-refractivity contribution in [1.82, 2.24) is 0 Å². The number of unbranched alkanes of at least 4 members (excludes halogenated alkanes) is 36. The Hall–Kier alpha value is -1.16. The maximum Gasteiger partial charge on any atom is 0.397 e. The van der Waals surface area contributed by atoms with E-state index in [1.165, 1.54) is 205 Å². The van der Waals surface area contributed by atoms with Gasteiger partial charge in [-0.2, -0.15) is 8.42 Å². The van der Waals surface area contributed by atoms with E-state index < -0.39 is 59.8 Å². The molecule has 68 heavy (non-hydrogen) atoms. The van der Waals surface area contributed by atoms with Crippen LogP contribution in [0.25, 0.3) is 0 Å². The first-order valence-corrected chi connectivity index (χ1v) is 29.8. The predicted molar refractivity (Wildman–Crippen MR) is 276 cm³/mol. The van der Waals surface area contributed by atoms with E-state index in [1.54, 1.807) is 0 Å². The van der Waals surface area contributed by atoms with Gasteiger partial charge in [0, 0.05) is 13.0 Å². The number of hydrogen-bond donors (Lipinski definition) is 4. The number of hydrogen-bond acceptors (Lipinski definition) is 11. The third-order valence-electron chi connectivity index (χ3n) is 13.4. The van der Waals surface area contributed by atoms with Crippen LogP contribution in [0.5, 0.6) is 0 Å². The number of carbonyl (C=O) groups excluding carboxylic acids is 1. The summed E-state index contributed by atoms with van der Waals surface area (Å²) in [6, 6.07) is 0. The van der Waals surface area contributed by atoms with E-state index in [9.17, 15) is 33.1 Å². The third-order valence-corrected chi connectivity index (χ3v) is 13.9. The van der Waals surface area contributed by atoms with Crippen molar-refractivity contribution in [2.75, 3.05) is 26.4 Å². The van der Waals surface area contributed by atoms with Crippen molar-refractivity contribution in [2.45, 2.75) is 307 Å². The van der Waals surface area contributed by atoms with Gasteiger partial charge in [0.05, 0.1) is 19.8 Å². The molecule has 0 aromatic heterocycles. The lowest BCUT2D eigenvalue weighted by Crippen LogP contribution is -2.60. The predicted octanol–water partition coefficient (Wildman–Crippen LogP) is 13.8. The lowest BCUT2D eigenvalue weighted by molar-refractivity contribution is -0.301. The van der Waals surface area contributed by atoms with Crippen LogP contribution in [0.4, 0.5) is 0 Å². The lowest BCUT2D eigenvalue weighted by atomic mass is 9.99. The number of allylic oxidation sites excluding steroid dienone is 2. The molecule has 404 valence electrons. The van der Waals surface area contributed by atoms with Crippen molar-refractivity contribution in [2.24, 2.45) is 0 Å². The monoisotopic (exact) mass is 991 g/mol. The minimum Gasteiger partial charge on any atom is -0.457 e. The average molecular weight is 992 g/mol. The first kappa shape index (κ1) is 64.9. The minimum absolute atomic E-state index is 0.0420. The largest absolute Gasteiger partial charge is 0.457 e. The highest BCUT2D eigenvalue weighted by Crippen LogP contribution is 2.26. The van der Waals surface area contributed by atoms with Crippen LogP contribution in [-0.4, -0.2) is 97.5 Å². The standard InChI is InChI=1S/C55H106O12S/c1-3-5-7-9-11-13-15-17-19-21-23-24-25-27-29-31-33-35-37-39-41-43-45-63-47-49(48-64-55-53(59)54(67-68(60,61)62)52(58)50(46-56)66-55)65-51(57)44-42-40-38-36-34-32-30-28-26-22-20-18-16-14-12-10-8-6-4-2/h18,20,49-50,52-56,58-59H,3-17,19,21-48H2,1-2H3,(H,60,61,62)/b20-18-. The van der Waals surface area contributed by atoms with Crippen molar-refractivity contribution in [1.29, 1.82) is 0 Å². The van der Waals surface area contributed by atoms with Crippen LogP contribution in [0.1, 0.15) is 271 Å². The van der Waals surface area contributed by atoms with Crippen molar-refractivity contribution in [3.05, 3.63) is 12.2 Å². The molecule has 1 heterocycles. The highest BCUT2D eigenvalue weighted by molar-refractivity contribution is 7.80. The highest BCUT2D eigenvalue weighted by Gasteiger charge is 2.48. The summed E-state index contributed by atoms with van der Waals surface area (Å²) < 4.78 is 59.4. The van der Waals surface area contributed by atoms with Gasteiger partial charge in [0.25, 0.3) is 0 Å². The summed E-state index contributed by atoms with van der Waals surface area (Å²) >= 11 is 0. The summed E-state index contributed by atoms with van der Waals surface area (Å²) in [5.74, 6) is -0.395. The molecule has 0 aromatic carbocycles. The van der Waals surface area contributed by atoms with Gasteiger partial charge in [-0.3, -0.25) is 9.35 Å². The molecule has 1 fully saturated rings. The summed E-state index contributed by atoms with van der Waals surface area (Å²) in [6.45, 7) is 4.05. The van der Waals surface area contributed by atoms with Crippen molar-refractivity contribution in [3.63, 3.8) is 0 Å². The molecule has 6 unspecified atom stereocenters. The van der Waals surface area contributed by atoms with Gasteiger partial charge >= 0.3 is 16.4 Å². The van der Waals surface area contributed by atoms with Crippen molar-refractivity contribution < 1.29 is 56.2 Å². The molecule has 0 aliphatic carbocycles. The van der Waals surface area contributed by atoms with Crippen molar-refractivity contribution in [3.8, 4) is 0 Å². The van der Waals surface area contributed by atoms with Crippen LogP contribution in [0.2, 0.25) is 0 Å². The van der Waals surface area contributed by atoms with E-state index in [1.807, 2.05) is 0 Å². The smallest absolute Gasteiger partial charge is 0.397 e. The molecule has 0 spiro atoms. The molecular weight excluding hydrogens is 885 g/mol. The van der Waals surface area contributed by atoms with E-state index in [2.05, 4.69) is 30.2 Å². The normalized spacial score (nSPS) is 19.3. The quantitative estimate of drug-likeness (QED) is 0.0196. The summed E-state index contributed by atoms with van der Waals surface area (Å²) in [6.07, 6.45) is 45.3. The summed E-state index contributed by atoms with van der Waals surface area (Å²) in [5.41, 5.74) is 0. The molecule has 1 aliphatic rings. The first-order valence-electron chi connectivity index (χ1n) is 28.4. The lowest BCUT2D eigenvalue weighted by Gasteiger charge is -2.41. The van der Waals surface area contributed by atoms with Crippen molar-refractivity contribution >= 4 is 16.4 Å². The van der Waals surface area contributed by atoms with Gasteiger partial charge in [-0.05, 0) is 38.5 Å². The van der Waals surface area contributed by atoms with Gasteiger partial charge in [-0.15, -0.1) is 0 Å². The van der Waals surface area contributed by atoms with Crippen LogP contribution < -0.4 is 0 Å². The fraction of sp³-hybridized carbons (Fsp3) is 0.945. The fourth-order valence-corrected chi connectivity index (χ4v) is 9.59. The molecule has 1 saturated heterocycles. The topological polar surface area (TPSA) is 178 Å². The van der Waals surface area contributed by atoms with E-state index in [-0.39, 0.29) is 19.6 Å². The van der Waals surface area contributed by atoms with Gasteiger partial charge in [-0.1, -0.05) is 238 Å². The Morgan fingerprint density at radius 3 is 1.32 bits per heavy atom. The molecule has 0 bridgehead atoms. The third kappa shape index (κ3) is 39.5. The zero-order valence-electron chi connectivity index (χ0n) is 43.7. The molecule has 0 saturated carbocycles. The molecule has 13 heteroatoms. The Kier molecular flexibility index (Phi) is 44.7. The van der Waals surface area contributed by atoms with Gasteiger partial charge in [0.15, 0.2) is 6.29 Å². The zero-order valence-corrected chi connectivity index (χ0v) is 44.5. The number of carbonyl (C=O) groups is 1. The second-order valence-electron chi connectivity index (χ2n) is 19.9. The Morgan fingerprint density at radius 2 is 0.926 bits per heavy atom. The molecule has 0 radical (unpaired) electrons. The number of ether oxygens (including phenoxy) is 4. The first-order chi connectivity index (χ1) is 33.1. The van der Waals surface area contributed by atoms with Gasteiger partial charge in [-0.25, -0.2) is 4.18 Å². The highest BCUT2D eigenvalue weighted by atomic mass is 32.3. The number of esters is 1. The van der Waals surface area contributed by atoms with Crippen LogP contribution in [0, 0.1) is 0 Å². The van der Waals surface area contributed by atoms with E-state index >= 15 is 0 Å². The molecule has 12 nitrogen and oxygen atoms in total. The Bertz CT molecular complexity index is 1240. The van der Waals surface area contributed by atoms with E-state index in [4.69, 9.17) is 18.9 Å². The summed E-state index contributed by atoms with van der Waals surface area (Å²) in [5, 5.41) is 30.8. The number of aliphatic hydroxyl groups excluding tert-OH is 3. The Balaban J connectivity index is 2.29. The van der Waals surface area contributed by atoms with Gasteiger partial charge in [0.2, 0.25) is 0 Å². The van der Waals surface area contributed by atoms with Gasteiger partial charge in [0.1, 0.15) is 30.5 Å². The van der Waals surface area contributed by atoms with Crippen LogP contribution >= 0.6 is 0 Å². The summed E-state index contributed by atoms with van der Waals surface area (Å²) in [7, 11) is -5.06. The SMILES string of the molecule is CCCCCCCC/C=C\CCCCCCCCCCCC(=O)OC(COCCCCCCCCCCCCCCCCCCCCCCCC)COC1OC(CO)C(O)C(OS(=O)(=O)O)C1O. The molecule has 0 amide bonds. The average Bonchev–Trinajstić information content (AvgIpc) is 3.31. The maximum absolute atomic E-state index is 12.9. The number of aliphatic hydroxyl groups is 3. The zero-order chi connectivity index (χ0) is 49.6. The van der Waals surface area contributed by atoms with Gasteiger partial charge < -0.3 is 34.3 Å². The molecular formula is C55H106O12S. The Labute approximate surface area is 417 Å². The second-order valence-corrected chi connectivity index (χ2v) is 20.9. The molecule has 0 aromatic rings. The molecule has 1 rings (SSSR count). The molecule has 4 N–H and O–H groups in total. The van der Waals surface area contributed by atoms with Crippen LogP contribution in [-0.2, 0) is 38.3 Å². The fourth-order valence-electron chi connectivity index (χ4n) is 9.08. The Morgan fingerprint density at radius 1 is 0.544 bits per heavy atom. The second kappa shape index (κ2) is 46.9. The summed E-state index contributed by atoms with van der Waals surface area (Å²) in [4.78, 5) is 12.9.